The van der Waals surface area contributed by atoms with Gasteiger partial charge in [-0.1, -0.05) is 30.7 Å². The molecule has 4 rings (SSSR count). The maximum atomic E-state index is 13.0. The van der Waals surface area contributed by atoms with Crippen molar-refractivity contribution in [2.45, 2.75) is 13.8 Å². The van der Waals surface area contributed by atoms with Gasteiger partial charge in [0.15, 0.2) is 0 Å². The lowest BCUT2D eigenvalue weighted by atomic mass is 10.1. The van der Waals surface area contributed by atoms with Gasteiger partial charge in [-0.2, -0.15) is 0 Å². The van der Waals surface area contributed by atoms with Gasteiger partial charge in [-0.15, -0.1) is 0 Å². The van der Waals surface area contributed by atoms with Crippen LogP contribution in [0.15, 0.2) is 42.5 Å². The van der Waals surface area contributed by atoms with Crippen molar-refractivity contribution in [1.29, 1.82) is 0 Å². The minimum absolute atomic E-state index is 0.131. The summed E-state index contributed by atoms with van der Waals surface area (Å²) in [5.41, 5.74) is 2.79. The number of halogens is 1. The van der Waals surface area contributed by atoms with Crippen molar-refractivity contribution in [3.05, 3.63) is 58.6 Å². The Labute approximate surface area is 187 Å². The Hall–Kier alpha value is -2.58. The molecule has 2 aromatic carbocycles. The van der Waals surface area contributed by atoms with Gasteiger partial charge in [-0.3, -0.25) is 9.59 Å². The molecule has 2 saturated heterocycles. The Kier molecular flexibility index (Phi) is 5.70. The highest BCUT2D eigenvalue weighted by atomic mass is 35.5. The lowest BCUT2D eigenvalue weighted by Crippen LogP contribution is -2.48. The van der Waals surface area contributed by atoms with Crippen LogP contribution < -0.4 is 9.21 Å². The van der Waals surface area contributed by atoms with Crippen molar-refractivity contribution in [2.24, 2.45) is 5.92 Å². The highest BCUT2D eigenvalue weighted by Gasteiger charge is 2.42. The third-order valence-electron chi connectivity index (χ3n) is 5.71. The quantitative estimate of drug-likeness (QED) is 0.702. The van der Waals surface area contributed by atoms with Gasteiger partial charge in [0.25, 0.3) is 5.91 Å². The third-order valence-corrected chi connectivity index (χ3v) is 7.89. The van der Waals surface area contributed by atoms with Crippen LogP contribution in [-0.2, 0) is 14.8 Å². The number of aryl methyl sites for hydroxylation is 1. The molecule has 0 aliphatic carbocycles. The van der Waals surface area contributed by atoms with Gasteiger partial charge < -0.3 is 9.80 Å². The molecule has 7 nitrogen and oxygen atoms in total. The molecule has 2 aliphatic rings. The minimum Gasteiger partial charge on any atom is -0.368 e. The predicted octanol–water partition coefficient (Wildman–Crippen LogP) is 2.92. The largest absolute Gasteiger partial charge is 0.368 e. The molecule has 2 amide bonds. The van der Waals surface area contributed by atoms with E-state index < -0.39 is 21.8 Å². The van der Waals surface area contributed by atoms with Crippen molar-refractivity contribution in [2.75, 3.05) is 41.1 Å². The molecule has 0 spiro atoms. The fourth-order valence-corrected chi connectivity index (χ4v) is 6.12. The van der Waals surface area contributed by atoms with E-state index in [1.165, 1.54) is 23.8 Å². The van der Waals surface area contributed by atoms with Crippen molar-refractivity contribution in [3.8, 4) is 0 Å². The van der Waals surface area contributed by atoms with E-state index in [1.807, 2.05) is 6.07 Å². The number of nitrogens with zero attached hydrogens (tertiary/aromatic N) is 3. The lowest BCUT2D eigenvalue weighted by molar-refractivity contribution is -0.119. The molecule has 2 aromatic rings. The van der Waals surface area contributed by atoms with E-state index >= 15 is 0 Å². The lowest BCUT2D eigenvalue weighted by Gasteiger charge is -2.36. The normalized spacial score (nSPS) is 20.9. The second-order valence-electron chi connectivity index (χ2n) is 8.06. The number of rotatable bonds is 3. The predicted molar refractivity (Wildman–Crippen MR) is 121 cm³/mol. The molecular formula is C22H24ClN3O4S. The molecule has 9 heteroatoms. The smallest absolute Gasteiger partial charge is 0.255 e. The van der Waals surface area contributed by atoms with Crippen molar-refractivity contribution in [3.63, 3.8) is 0 Å². The Morgan fingerprint density at radius 2 is 1.74 bits per heavy atom. The number of sulfonamides is 1. The molecule has 31 heavy (non-hydrogen) atoms. The molecule has 1 atom stereocenters. The number of hydrogen-bond donors (Lipinski definition) is 0. The number of hydrogen-bond acceptors (Lipinski definition) is 5. The molecule has 0 N–H and O–H groups in total. The van der Waals surface area contributed by atoms with Gasteiger partial charge in [0, 0.05) is 31.9 Å². The average Bonchev–Trinajstić information content (AvgIpc) is 2.94. The Morgan fingerprint density at radius 3 is 2.32 bits per heavy atom. The summed E-state index contributed by atoms with van der Waals surface area (Å²) in [6.45, 7) is 6.17. The summed E-state index contributed by atoms with van der Waals surface area (Å²) in [6, 6.07) is 12.6. The van der Waals surface area contributed by atoms with Crippen molar-refractivity contribution < 1.29 is 18.0 Å². The van der Waals surface area contributed by atoms with Gasteiger partial charge in [0.1, 0.15) is 0 Å². The fraction of sp³-hybridized carbons (Fsp3) is 0.364. The third kappa shape index (κ3) is 4.14. The molecule has 0 aromatic heterocycles. The number of carbonyl (C=O) groups excluding carboxylic acids is 2. The molecule has 0 unspecified atom stereocenters. The van der Waals surface area contributed by atoms with Crippen LogP contribution in [0.4, 0.5) is 11.4 Å². The molecular weight excluding hydrogens is 438 g/mol. The van der Waals surface area contributed by atoms with Crippen LogP contribution in [0.25, 0.3) is 0 Å². The van der Waals surface area contributed by atoms with E-state index in [4.69, 9.17) is 11.6 Å². The maximum Gasteiger partial charge on any atom is 0.255 e. The molecule has 0 radical (unpaired) electrons. The molecule has 2 aliphatic heterocycles. The summed E-state index contributed by atoms with van der Waals surface area (Å²) >= 11 is 6.35. The van der Waals surface area contributed by atoms with Crippen LogP contribution in [0.1, 0.15) is 22.8 Å². The summed E-state index contributed by atoms with van der Waals surface area (Å²) in [5, 5.41) is 0.131. The highest BCUT2D eigenvalue weighted by Crippen LogP contribution is 2.32. The van der Waals surface area contributed by atoms with E-state index in [0.29, 0.717) is 31.7 Å². The number of benzene rings is 2. The van der Waals surface area contributed by atoms with Gasteiger partial charge in [0.05, 0.1) is 27.9 Å². The monoisotopic (exact) mass is 461 g/mol. The molecule has 2 fully saturated rings. The summed E-state index contributed by atoms with van der Waals surface area (Å²) in [6.07, 6.45) is 0. The van der Waals surface area contributed by atoms with Crippen LogP contribution in [0.3, 0.4) is 0 Å². The van der Waals surface area contributed by atoms with E-state index in [1.54, 1.807) is 11.8 Å². The van der Waals surface area contributed by atoms with Gasteiger partial charge >= 0.3 is 0 Å². The zero-order valence-electron chi connectivity index (χ0n) is 17.4. The van der Waals surface area contributed by atoms with E-state index in [9.17, 15) is 18.0 Å². The number of piperazine rings is 1. The number of amides is 2. The first-order chi connectivity index (χ1) is 14.7. The van der Waals surface area contributed by atoms with Crippen LogP contribution in [0, 0.1) is 12.8 Å². The van der Waals surface area contributed by atoms with Gasteiger partial charge in [0.2, 0.25) is 15.9 Å². The van der Waals surface area contributed by atoms with E-state index in [-0.39, 0.29) is 22.4 Å². The van der Waals surface area contributed by atoms with Crippen molar-refractivity contribution in [1.82, 2.24) is 4.90 Å². The topological polar surface area (TPSA) is 78.0 Å². The first kappa shape index (κ1) is 21.6. The summed E-state index contributed by atoms with van der Waals surface area (Å²) in [4.78, 5) is 29.3. The van der Waals surface area contributed by atoms with Crippen LogP contribution in [0.2, 0.25) is 5.02 Å². The SMILES string of the molecule is Cc1cccc(N2CCN(C(=O)c3ccc(N4C(=O)[C@H](C)CS4(=O)=O)cc3Cl)CC2)c1. The second-order valence-corrected chi connectivity index (χ2v) is 10.3. The van der Waals surface area contributed by atoms with Gasteiger partial charge in [-0.25, -0.2) is 12.7 Å². The maximum absolute atomic E-state index is 13.0. The zero-order valence-corrected chi connectivity index (χ0v) is 19.0. The fourth-order valence-electron chi connectivity index (χ4n) is 4.05. The Bertz CT molecular complexity index is 1140. The molecule has 2 heterocycles. The second kappa shape index (κ2) is 8.16. The van der Waals surface area contributed by atoms with Crippen LogP contribution in [-0.4, -0.2) is 57.1 Å². The summed E-state index contributed by atoms with van der Waals surface area (Å²) < 4.78 is 25.4. The van der Waals surface area contributed by atoms with Gasteiger partial charge in [-0.05, 0) is 42.8 Å². The highest BCUT2D eigenvalue weighted by molar-refractivity contribution is 7.94. The van der Waals surface area contributed by atoms with Crippen molar-refractivity contribution >= 4 is 44.8 Å². The minimum atomic E-state index is -3.72. The number of anilines is 2. The van der Waals surface area contributed by atoms with E-state index in [2.05, 4.69) is 30.0 Å². The van der Waals surface area contributed by atoms with Crippen LogP contribution in [0.5, 0.6) is 0 Å². The molecule has 164 valence electrons. The molecule has 0 saturated carbocycles. The standard InChI is InChI=1S/C22H24ClN3O4S/c1-15-4-3-5-17(12-15)24-8-10-25(11-9-24)22(28)19-7-6-18(13-20(19)23)26-21(27)16(2)14-31(26,29)30/h3-7,12-13,16H,8-11,14H2,1-2H3/t16-/m1/s1. The summed E-state index contributed by atoms with van der Waals surface area (Å²) in [5.74, 6) is -1.52. The zero-order chi connectivity index (χ0) is 22.3. The summed E-state index contributed by atoms with van der Waals surface area (Å²) in [7, 11) is -3.72. The first-order valence-corrected chi connectivity index (χ1v) is 12.1. The first-order valence-electron chi connectivity index (χ1n) is 10.1. The Morgan fingerprint density at radius 1 is 1.03 bits per heavy atom. The Balaban J connectivity index is 1.48. The van der Waals surface area contributed by atoms with Crippen LogP contribution >= 0.6 is 11.6 Å². The average molecular weight is 462 g/mol. The molecule has 0 bridgehead atoms. The van der Waals surface area contributed by atoms with E-state index in [0.717, 1.165) is 9.99 Å². The number of carbonyl (C=O) groups is 2.